The Hall–Kier alpha value is -6.05. The lowest BCUT2D eigenvalue weighted by Gasteiger charge is -2.24. The zero-order valence-electron chi connectivity index (χ0n) is 31.9. The molecule has 7 rings (SSSR count). The Bertz CT molecular complexity index is 2090. The first-order valence-electron chi connectivity index (χ1n) is 18.4. The molecule has 4 amide bonds. The van der Waals surface area contributed by atoms with Crippen LogP contribution < -0.4 is 31.2 Å². The van der Waals surface area contributed by atoms with Crippen LogP contribution in [0.1, 0.15) is 44.5 Å². The van der Waals surface area contributed by atoms with Gasteiger partial charge in [-0.15, -0.1) is 0 Å². The Morgan fingerprint density at radius 1 is 0.982 bits per heavy atom. The highest BCUT2D eigenvalue weighted by Gasteiger charge is 2.56. The summed E-state index contributed by atoms with van der Waals surface area (Å²) in [7, 11) is 1.63. The smallest absolute Gasteiger partial charge is 0.407 e. The minimum absolute atomic E-state index is 0.217. The SMILES string of the molecule is COc1ccc(COc2ccc(CNc3ncnc4c3ncn4C3OC(COC(=O)NCC(=O)NC4CC(C)N(CC(N)=O)C4=O)C4OC(C)(C)OC43)cc2)cc1. The van der Waals surface area contributed by atoms with Crippen LogP contribution in [-0.4, -0.2) is 111 Å². The number of aromatic nitrogens is 4. The first-order chi connectivity index (χ1) is 27.4. The minimum Gasteiger partial charge on any atom is -0.497 e. The average Bonchev–Trinajstić information content (AvgIpc) is 3.92. The van der Waals surface area contributed by atoms with Gasteiger partial charge in [-0.05, 0) is 62.6 Å². The van der Waals surface area contributed by atoms with E-state index in [-0.39, 0.29) is 19.2 Å². The molecular weight excluding hydrogens is 742 g/mol. The van der Waals surface area contributed by atoms with Crippen LogP contribution in [0.2, 0.25) is 0 Å². The lowest BCUT2D eigenvalue weighted by molar-refractivity contribution is -0.199. The summed E-state index contributed by atoms with van der Waals surface area (Å²) in [4.78, 5) is 63.9. The summed E-state index contributed by atoms with van der Waals surface area (Å²) in [6.07, 6.45) is -0.237. The number of nitrogens with zero attached hydrogens (tertiary/aromatic N) is 5. The molecule has 3 fully saturated rings. The first kappa shape index (κ1) is 39.2. The molecule has 2 aromatic carbocycles. The van der Waals surface area contributed by atoms with E-state index in [0.717, 1.165) is 22.6 Å². The molecule has 302 valence electrons. The van der Waals surface area contributed by atoms with Gasteiger partial charge in [0.1, 0.15) is 61.9 Å². The van der Waals surface area contributed by atoms with Crippen LogP contribution in [0.25, 0.3) is 11.2 Å². The second kappa shape index (κ2) is 16.6. The summed E-state index contributed by atoms with van der Waals surface area (Å²) in [6.45, 7) is 5.32. The summed E-state index contributed by atoms with van der Waals surface area (Å²) in [5.74, 6) is -0.561. The van der Waals surface area contributed by atoms with Crippen LogP contribution in [0.4, 0.5) is 10.6 Å². The Morgan fingerprint density at radius 3 is 2.44 bits per heavy atom. The maximum absolute atomic E-state index is 12.6. The number of anilines is 1. The standard InChI is InChI=1S/C38H45N9O10/c1-21-13-26(35(50)46(21)16-28(39)48)45-29(49)15-41-37(51)54-18-27-31-32(57-38(2,3)56-31)36(55-27)47-20-44-30-33(42-19-43-34(30)47)40-14-22-5-11-25(12-6-22)53-17-23-7-9-24(52-4)10-8-23/h5-12,19-21,26-27,31-32,36H,13-18H2,1-4H3,(H2,39,48)(H,41,51)(H,45,49)(H,40,42,43). The minimum atomic E-state index is -0.952. The van der Waals surface area contributed by atoms with Gasteiger partial charge >= 0.3 is 6.09 Å². The summed E-state index contributed by atoms with van der Waals surface area (Å²) in [5, 5.41) is 8.31. The fourth-order valence-electron chi connectivity index (χ4n) is 7.08. The van der Waals surface area contributed by atoms with Crippen molar-refractivity contribution in [1.82, 2.24) is 35.1 Å². The molecule has 6 atom stereocenters. The van der Waals surface area contributed by atoms with Gasteiger partial charge in [-0.3, -0.25) is 19.0 Å². The van der Waals surface area contributed by atoms with Crippen LogP contribution >= 0.6 is 0 Å². The van der Waals surface area contributed by atoms with Crippen LogP contribution in [0.5, 0.6) is 11.5 Å². The normalized spacial score (nSPS) is 23.6. The number of benzene rings is 2. The van der Waals surface area contributed by atoms with Gasteiger partial charge in [-0.25, -0.2) is 19.7 Å². The lowest BCUT2D eigenvalue weighted by Crippen LogP contribution is -2.47. The lowest BCUT2D eigenvalue weighted by atomic mass is 10.1. The van der Waals surface area contributed by atoms with E-state index in [2.05, 4.69) is 30.9 Å². The van der Waals surface area contributed by atoms with Crippen molar-refractivity contribution in [3.05, 3.63) is 72.3 Å². The third-order valence-electron chi connectivity index (χ3n) is 9.83. The van der Waals surface area contributed by atoms with Gasteiger partial charge in [0.2, 0.25) is 17.7 Å². The number of amides is 4. The van der Waals surface area contributed by atoms with Crippen molar-refractivity contribution in [3.8, 4) is 11.5 Å². The van der Waals surface area contributed by atoms with E-state index < -0.39 is 66.7 Å². The fourth-order valence-corrected chi connectivity index (χ4v) is 7.08. The maximum atomic E-state index is 12.6. The third-order valence-corrected chi connectivity index (χ3v) is 9.83. The number of fused-ring (bicyclic) bond motifs is 2. The van der Waals surface area contributed by atoms with Crippen molar-refractivity contribution < 1.29 is 47.6 Å². The number of likely N-dealkylation sites (tertiary alicyclic amines) is 1. The molecule has 6 unspecified atom stereocenters. The number of carbonyl (C=O) groups is 4. The molecule has 5 N–H and O–H groups in total. The first-order valence-corrected chi connectivity index (χ1v) is 18.4. The fraction of sp³-hybridized carbons (Fsp3) is 0.447. The van der Waals surface area contributed by atoms with E-state index in [1.54, 1.807) is 38.8 Å². The van der Waals surface area contributed by atoms with E-state index in [1.165, 1.54) is 11.2 Å². The second-order valence-electron chi connectivity index (χ2n) is 14.4. The number of hydrogen-bond acceptors (Lipinski definition) is 14. The van der Waals surface area contributed by atoms with Crippen molar-refractivity contribution in [2.45, 2.75) is 82.8 Å². The molecule has 2 aromatic heterocycles. The highest BCUT2D eigenvalue weighted by atomic mass is 16.8. The molecule has 57 heavy (non-hydrogen) atoms. The zero-order valence-corrected chi connectivity index (χ0v) is 31.9. The molecule has 0 spiro atoms. The Labute approximate surface area is 327 Å². The van der Waals surface area contributed by atoms with Gasteiger partial charge in [0.05, 0.1) is 20.0 Å². The zero-order chi connectivity index (χ0) is 40.3. The Kier molecular flexibility index (Phi) is 11.4. The van der Waals surface area contributed by atoms with Crippen molar-refractivity contribution >= 4 is 40.8 Å². The largest absolute Gasteiger partial charge is 0.497 e. The topological polar surface area (TPSA) is 233 Å². The predicted molar refractivity (Wildman–Crippen MR) is 200 cm³/mol. The molecule has 3 aliphatic heterocycles. The van der Waals surface area contributed by atoms with Crippen LogP contribution in [0, 0.1) is 0 Å². The number of alkyl carbamates (subject to hydrolysis) is 1. The van der Waals surface area contributed by atoms with Crippen molar-refractivity contribution in [2.75, 3.05) is 32.1 Å². The number of nitrogens with two attached hydrogens (primary N) is 1. The van der Waals surface area contributed by atoms with Gasteiger partial charge in [0.15, 0.2) is 29.0 Å². The van der Waals surface area contributed by atoms with E-state index in [9.17, 15) is 19.2 Å². The van der Waals surface area contributed by atoms with E-state index in [4.69, 9.17) is 34.2 Å². The molecule has 5 heterocycles. The molecule has 3 aliphatic rings. The molecule has 19 heteroatoms. The van der Waals surface area contributed by atoms with Crippen LogP contribution in [0.3, 0.4) is 0 Å². The maximum Gasteiger partial charge on any atom is 0.407 e. The number of rotatable bonds is 15. The molecular formula is C38H45N9O10. The predicted octanol–water partition coefficient (Wildman–Crippen LogP) is 1.76. The van der Waals surface area contributed by atoms with Crippen molar-refractivity contribution in [1.29, 1.82) is 0 Å². The molecule has 0 bridgehead atoms. The Balaban J connectivity index is 0.927. The third kappa shape index (κ3) is 9.00. The number of hydrogen-bond donors (Lipinski definition) is 4. The number of methoxy groups -OCH3 is 1. The summed E-state index contributed by atoms with van der Waals surface area (Å²) in [5.41, 5.74) is 8.26. The van der Waals surface area contributed by atoms with Crippen molar-refractivity contribution in [2.24, 2.45) is 5.73 Å². The van der Waals surface area contributed by atoms with Gasteiger partial charge < -0.3 is 55.0 Å². The number of primary amides is 1. The highest BCUT2D eigenvalue weighted by Crippen LogP contribution is 2.44. The van der Waals surface area contributed by atoms with Crippen LogP contribution in [-0.2, 0) is 46.5 Å². The van der Waals surface area contributed by atoms with E-state index >= 15 is 0 Å². The summed E-state index contributed by atoms with van der Waals surface area (Å²) >= 11 is 0. The summed E-state index contributed by atoms with van der Waals surface area (Å²) in [6, 6.07) is 14.4. The van der Waals surface area contributed by atoms with Gasteiger partial charge in [0.25, 0.3) is 0 Å². The molecule has 4 aromatic rings. The summed E-state index contributed by atoms with van der Waals surface area (Å²) < 4.78 is 37.1. The number of nitrogens with one attached hydrogen (secondary N) is 3. The van der Waals surface area contributed by atoms with Gasteiger partial charge in [-0.2, -0.15) is 0 Å². The Morgan fingerprint density at radius 2 is 1.70 bits per heavy atom. The second-order valence-corrected chi connectivity index (χ2v) is 14.4. The molecule has 0 radical (unpaired) electrons. The molecule has 19 nitrogen and oxygen atoms in total. The van der Waals surface area contributed by atoms with E-state index in [0.29, 0.717) is 36.6 Å². The van der Waals surface area contributed by atoms with Crippen molar-refractivity contribution in [3.63, 3.8) is 0 Å². The molecule has 0 saturated carbocycles. The molecule has 0 aliphatic carbocycles. The number of carbonyl (C=O) groups excluding carboxylic acids is 4. The highest BCUT2D eigenvalue weighted by molar-refractivity contribution is 5.93. The van der Waals surface area contributed by atoms with Gasteiger partial charge in [0, 0.05) is 12.6 Å². The number of ether oxygens (including phenoxy) is 6. The monoisotopic (exact) mass is 787 g/mol. The average molecular weight is 788 g/mol. The van der Waals surface area contributed by atoms with E-state index in [1.807, 2.05) is 48.5 Å². The molecule has 3 saturated heterocycles. The number of imidazole rings is 1. The van der Waals surface area contributed by atoms with Crippen LogP contribution in [0.15, 0.2) is 61.2 Å². The van der Waals surface area contributed by atoms with Gasteiger partial charge in [-0.1, -0.05) is 24.3 Å². The quantitative estimate of drug-likeness (QED) is 0.135.